The molecule has 0 spiro atoms. The first-order valence-electron chi connectivity index (χ1n) is 8.10. The molecule has 0 unspecified atom stereocenters. The average molecular weight is 355 g/mol. The Labute approximate surface area is 151 Å². The van der Waals surface area contributed by atoms with E-state index >= 15 is 0 Å². The highest BCUT2D eigenvalue weighted by Crippen LogP contribution is 2.22. The summed E-state index contributed by atoms with van der Waals surface area (Å²) < 4.78 is 9.65. The molecule has 0 radical (unpaired) electrons. The van der Waals surface area contributed by atoms with Gasteiger partial charge in [0.15, 0.2) is 0 Å². The summed E-state index contributed by atoms with van der Waals surface area (Å²) in [6, 6.07) is 13.6. The maximum Gasteiger partial charge on any atom is 0.256 e. The van der Waals surface area contributed by atoms with Gasteiger partial charge in [-0.3, -0.25) is 9.69 Å². The predicted molar refractivity (Wildman–Crippen MR) is 99.8 cm³/mol. The van der Waals surface area contributed by atoms with Crippen LogP contribution in [0.2, 0.25) is 0 Å². The van der Waals surface area contributed by atoms with Crippen molar-refractivity contribution in [2.75, 3.05) is 12.4 Å². The molecular formula is C19H21N3O2S. The number of anilines is 1. The van der Waals surface area contributed by atoms with Crippen LogP contribution in [0.3, 0.4) is 0 Å². The molecule has 0 saturated carbocycles. The fourth-order valence-electron chi connectivity index (χ4n) is 2.59. The fraction of sp³-hybridized carbons (Fsp3) is 0.263. The van der Waals surface area contributed by atoms with Gasteiger partial charge in [0, 0.05) is 12.1 Å². The summed E-state index contributed by atoms with van der Waals surface area (Å²) in [6.07, 6.45) is 1.69. The molecule has 2 aromatic heterocycles. The van der Waals surface area contributed by atoms with E-state index in [0.717, 1.165) is 28.6 Å². The molecule has 0 saturated heterocycles. The van der Waals surface area contributed by atoms with Crippen molar-refractivity contribution in [3.8, 4) is 0 Å². The van der Waals surface area contributed by atoms with Crippen molar-refractivity contribution in [3.63, 3.8) is 0 Å². The normalized spacial score (nSPS) is 12.3. The Morgan fingerprint density at radius 3 is 2.84 bits per heavy atom. The van der Waals surface area contributed by atoms with E-state index in [-0.39, 0.29) is 11.9 Å². The van der Waals surface area contributed by atoms with E-state index in [1.165, 1.54) is 11.5 Å². The number of amides is 1. The van der Waals surface area contributed by atoms with Crippen LogP contribution in [-0.2, 0) is 6.54 Å². The first-order chi connectivity index (χ1) is 12.0. The maximum atomic E-state index is 12.4. The summed E-state index contributed by atoms with van der Waals surface area (Å²) >= 11 is 1.29. The van der Waals surface area contributed by atoms with Gasteiger partial charge in [-0.1, -0.05) is 12.1 Å². The molecule has 0 aliphatic carbocycles. The van der Waals surface area contributed by atoms with E-state index in [4.69, 9.17) is 4.42 Å². The van der Waals surface area contributed by atoms with E-state index in [1.807, 2.05) is 56.4 Å². The number of benzene rings is 1. The first-order valence-corrected chi connectivity index (χ1v) is 8.87. The Bertz CT molecular complexity index is 842. The Hall–Kier alpha value is -2.44. The molecule has 0 bridgehead atoms. The van der Waals surface area contributed by atoms with Crippen LogP contribution in [0.25, 0.3) is 0 Å². The lowest BCUT2D eigenvalue weighted by Crippen LogP contribution is -2.22. The van der Waals surface area contributed by atoms with Crippen LogP contribution in [0.4, 0.5) is 5.00 Å². The fourth-order valence-corrected chi connectivity index (χ4v) is 3.25. The van der Waals surface area contributed by atoms with Crippen molar-refractivity contribution < 1.29 is 9.21 Å². The zero-order chi connectivity index (χ0) is 17.8. The van der Waals surface area contributed by atoms with Gasteiger partial charge in [0.2, 0.25) is 0 Å². The number of carbonyl (C=O) groups is 1. The molecule has 0 aliphatic rings. The second-order valence-corrected chi connectivity index (χ2v) is 6.90. The first kappa shape index (κ1) is 17.4. The lowest BCUT2D eigenvalue weighted by atomic mass is 10.1. The predicted octanol–water partition coefficient (Wildman–Crippen LogP) is 4.49. The van der Waals surface area contributed by atoms with E-state index in [1.54, 1.807) is 6.26 Å². The quantitative estimate of drug-likeness (QED) is 0.708. The van der Waals surface area contributed by atoms with E-state index < -0.39 is 0 Å². The Morgan fingerprint density at radius 1 is 1.32 bits per heavy atom. The molecule has 0 fully saturated rings. The average Bonchev–Trinajstić information content (AvgIpc) is 3.26. The summed E-state index contributed by atoms with van der Waals surface area (Å²) in [6.45, 7) is 4.73. The topological polar surface area (TPSA) is 58.4 Å². The van der Waals surface area contributed by atoms with Crippen molar-refractivity contribution >= 4 is 22.4 Å². The Morgan fingerprint density at radius 2 is 2.16 bits per heavy atom. The molecule has 25 heavy (non-hydrogen) atoms. The molecule has 0 aliphatic heterocycles. The minimum absolute atomic E-state index is 0.118. The van der Waals surface area contributed by atoms with Crippen molar-refractivity contribution in [1.29, 1.82) is 0 Å². The Balaban J connectivity index is 1.67. The van der Waals surface area contributed by atoms with Crippen molar-refractivity contribution in [2.24, 2.45) is 0 Å². The molecule has 6 heteroatoms. The molecule has 5 nitrogen and oxygen atoms in total. The molecule has 1 aromatic carbocycles. The van der Waals surface area contributed by atoms with E-state index in [0.29, 0.717) is 5.56 Å². The number of hydrogen-bond acceptors (Lipinski definition) is 5. The maximum absolute atomic E-state index is 12.4. The summed E-state index contributed by atoms with van der Waals surface area (Å²) in [4.78, 5) is 14.6. The molecule has 3 rings (SSSR count). The van der Waals surface area contributed by atoms with Crippen molar-refractivity contribution in [2.45, 2.75) is 26.4 Å². The van der Waals surface area contributed by atoms with E-state index in [9.17, 15) is 4.79 Å². The van der Waals surface area contributed by atoms with Crippen LogP contribution in [0.15, 0.2) is 53.1 Å². The summed E-state index contributed by atoms with van der Waals surface area (Å²) in [5.74, 6) is 0.809. The highest BCUT2D eigenvalue weighted by Gasteiger charge is 2.15. The zero-order valence-corrected chi connectivity index (χ0v) is 15.3. The third-order valence-corrected chi connectivity index (χ3v) is 4.90. The number of aromatic nitrogens is 1. The number of rotatable bonds is 6. The highest BCUT2D eigenvalue weighted by atomic mass is 32.1. The van der Waals surface area contributed by atoms with Gasteiger partial charge in [0.25, 0.3) is 5.91 Å². The molecule has 130 valence electrons. The van der Waals surface area contributed by atoms with Gasteiger partial charge < -0.3 is 9.73 Å². The van der Waals surface area contributed by atoms with Crippen LogP contribution in [-0.4, -0.2) is 22.2 Å². The van der Waals surface area contributed by atoms with Gasteiger partial charge >= 0.3 is 0 Å². The highest BCUT2D eigenvalue weighted by molar-refractivity contribution is 7.10. The number of nitrogens with zero attached hydrogens (tertiary/aromatic N) is 2. The van der Waals surface area contributed by atoms with Gasteiger partial charge in [0.05, 0.1) is 18.0 Å². The van der Waals surface area contributed by atoms with Gasteiger partial charge in [-0.05, 0) is 68.3 Å². The SMILES string of the molecule is Cc1cc(NC(=O)c2cccc(CN(C)[C@@H](C)c3ccco3)c2)sn1. The standard InChI is InChI=1S/C19H21N3O2S/c1-13-10-18(25-21-13)20-19(23)16-7-4-6-15(11-16)12-22(3)14(2)17-8-5-9-24-17/h4-11,14H,12H2,1-3H3,(H,20,23)/t14-/m0/s1. The van der Waals surface area contributed by atoms with Crippen LogP contribution >= 0.6 is 11.5 Å². The number of nitrogens with one attached hydrogen (secondary N) is 1. The largest absolute Gasteiger partial charge is 0.468 e. The summed E-state index contributed by atoms with van der Waals surface area (Å²) in [7, 11) is 2.04. The Kier molecular flexibility index (Phi) is 5.31. The third-order valence-electron chi connectivity index (χ3n) is 4.10. The minimum Gasteiger partial charge on any atom is -0.468 e. The van der Waals surface area contributed by atoms with Gasteiger partial charge in [0.1, 0.15) is 10.8 Å². The van der Waals surface area contributed by atoms with Gasteiger partial charge in [-0.2, -0.15) is 4.37 Å². The second-order valence-electron chi connectivity index (χ2n) is 6.09. The van der Waals surface area contributed by atoms with Crippen LogP contribution < -0.4 is 5.32 Å². The van der Waals surface area contributed by atoms with E-state index in [2.05, 4.69) is 21.5 Å². The molecule has 3 aromatic rings. The summed E-state index contributed by atoms with van der Waals surface area (Å²) in [5.41, 5.74) is 2.62. The third kappa shape index (κ3) is 4.35. The molecule has 1 N–H and O–H groups in total. The number of furan rings is 1. The lowest BCUT2D eigenvalue weighted by molar-refractivity contribution is 0.102. The van der Waals surface area contributed by atoms with Gasteiger partial charge in [-0.15, -0.1) is 0 Å². The van der Waals surface area contributed by atoms with Crippen molar-refractivity contribution in [1.82, 2.24) is 9.27 Å². The monoisotopic (exact) mass is 355 g/mol. The molecule has 2 heterocycles. The molecular weight excluding hydrogens is 334 g/mol. The smallest absolute Gasteiger partial charge is 0.256 e. The number of hydrogen-bond donors (Lipinski definition) is 1. The van der Waals surface area contributed by atoms with Crippen LogP contribution in [0.1, 0.15) is 40.3 Å². The number of carbonyl (C=O) groups excluding carboxylic acids is 1. The molecule has 1 atom stereocenters. The molecule has 1 amide bonds. The van der Waals surface area contributed by atoms with Crippen LogP contribution in [0, 0.1) is 6.92 Å². The lowest BCUT2D eigenvalue weighted by Gasteiger charge is -2.23. The minimum atomic E-state index is -0.118. The summed E-state index contributed by atoms with van der Waals surface area (Å²) in [5, 5.41) is 3.65. The van der Waals surface area contributed by atoms with Crippen molar-refractivity contribution in [3.05, 3.63) is 71.3 Å². The van der Waals surface area contributed by atoms with Crippen LogP contribution in [0.5, 0.6) is 0 Å². The second kappa shape index (κ2) is 7.63. The number of aryl methyl sites for hydroxylation is 1. The van der Waals surface area contributed by atoms with Gasteiger partial charge in [-0.25, -0.2) is 0 Å². The zero-order valence-electron chi connectivity index (χ0n) is 14.5.